The van der Waals surface area contributed by atoms with Gasteiger partial charge in [0.15, 0.2) is 0 Å². The molecule has 1 aliphatic rings. The van der Waals surface area contributed by atoms with Gasteiger partial charge < -0.3 is 11.1 Å². The number of benzene rings is 3. The lowest BCUT2D eigenvalue weighted by molar-refractivity contribution is 1.03. The van der Waals surface area contributed by atoms with Gasteiger partial charge in [0, 0.05) is 11.3 Å². The van der Waals surface area contributed by atoms with Crippen molar-refractivity contribution in [3.05, 3.63) is 113 Å². The molecule has 0 atom stereocenters. The number of terminal acetylenes is 1. The summed E-state index contributed by atoms with van der Waals surface area (Å²) in [6, 6.07) is 25.1. The second kappa shape index (κ2) is 13.1. The van der Waals surface area contributed by atoms with Gasteiger partial charge in [0.05, 0.1) is 5.82 Å². The van der Waals surface area contributed by atoms with Gasteiger partial charge in [-0.3, -0.25) is 0 Å². The van der Waals surface area contributed by atoms with Gasteiger partial charge in [-0.05, 0) is 78.1 Å². The second-order valence-electron chi connectivity index (χ2n) is 7.70. The van der Waals surface area contributed by atoms with Gasteiger partial charge in [-0.2, -0.15) is 0 Å². The molecule has 0 spiro atoms. The van der Waals surface area contributed by atoms with Gasteiger partial charge in [0.2, 0.25) is 0 Å². The molecule has 2 nitrogen and oxygen atoms in total. The van der Waals surface area contributed by atoms with E-state index in [-0.39, 0.29) is 0 Å². The molecule has 3 aromatic carbocycles. The van der Waals surface area contributed by atoms with Gasteiger partial charge >= 0.3 is 0 Å². The Bertz CT molecular complexity index is 1010. The van der Waals surface area contributed by atoms with Crippen LogP contribution in [0.3, 0.4) is 0 Å². The summed E-state index contributed by atoms with van der Waals surface area (Å²) < 4.78 is 0. The summed E-state index contributed by atoms with van der Waals surface area (Å²) in [4.78, 5) is 0. The van der Waals surface area contributed by atoms with Gasteiger partial charge in [0.25, 0.3) is 0 Å². The van der Waals surface area contributed by atoms with Crippen LogP contribution in [0, 0.1) is 12.3 Å². The van der Waals surface area contributed by atoms with Gasteiger partial charge in [-0.15, -0.1) is 6.42 Å². The Labute approximate surface area is 194 Å². The summed E-state index contributed by atoms with van der Waals surface area (Å²) in [6.45, 7) is 9.80. The number of anilines is 1. The predicted molar refractivity (Wildman–Crippen MR) is 140 cm³/mol. The highest BCUT2D eigenvalue weighted by atomic mass is 15.0. The lowest BCUT2D eigenvalue weighted by Gasteiger charge is -2.06. The van der Waals surface area contributed by atoms with Crippen molar-refractivity contribution in [2.24, 2.45) is 5.73 Å². The van der Waals surface area contributed by atoms with Crippen LogP contribution >= 0.6 is 0 Å². The van der Waals surface area contributed by atoms with Crippen molar-refractivity contribution in [2.75, 3.05) is 5.32 Å². The molecule has 1 saturated carbocycles. The Kier molecular flexibility index (Phi) is 10.1. The van der Waals surface area contributed by atoms with Crippen LogP contribution in [0.2, 0.25) is 0 Å². The van der Waals surface area contributed by atoms with Crippen molar-refractivity contribution >= 4 is 5.69 Å². The number of hydrogen-bond acceptors (Lipinski definition) is 2. The maximum atomic E-state index is 5.48. The van der Waals surface area contributed by atoms with Gasteiger partial charge in [-0.1, -0.05) is 81.8 Å². The largest absolute Gasteiger partial charge is 0.386 e. The van der Waals surface area contributed by atoms with Crippen LogP contribution < -0.4 is 11.1 Å². The molecule has 166 valence electrons. The van der Waals surface area contributed by atoms with Crippen LogP contribution in [0.25, 0.3) is 0 Å². The first-order valence-corrected chi connectivity index (χ1v) is 11.5. The van der Waals surface area contributed by atoms with Crippen molar-refractivity contribution in [3.63, 3.8) is 0 Å². The SMILES string of the molecule is C#Cc1ccc(C2CC2)c(CC)c1.C=C(N)Nc1ccc(Cc2ccccc2)cc1.CC. The summed E-state index contributed by atoms with van der Waals surface area (Å²) in [5.74, 6) is 3.98. The van der Waals surface area contributed by atoms with E-state index < -0.39 is 0 Å². The number of nitrogens with two attached hydrogens (primary N) is 1. The fourth-order valence-corrected chi connectivity index (χ4v) is 3.52. The fourth-order valence-electron chi connectivity index (χ4n) is 3.52. The third-order valence-electron chi connectivity index (χ3n) is 5.22. The third-order valence-corrected chi connectivity index (χ3v) is 5.22. The van der Waals surface area contributed by atoms with Crippen molar-refractivity contribution in [3.8, 4) is 12.3 Å². The zero-order valence-electron chi connectivity index (χ0n) is 19.7. The Hall–Kier alpha value is -3.44. The monoisotopic (exact) mass is 424 g/mol. The van der Waals surface area contributed by atoms with Crippen molar-refractivity contribution in [1.29, 1.82) is 0 Å². The smallest absolute Gasteiger partial charge is 0.0930 e. The molecule has 0 aliphatic heterocycles. The van der Waals surface area contributed by atoms with Crippen LogP contribution in [0.15, 0.2) is 85.2 Å². The first-order valence-electron chi connectivity index (χ1n) is 11.5. The molecule has 0 bridgehead atoms. The maximum Gasteiger partial charge on any atom is 0.0930 e. The molecule has 4 rings (SSSR count). The Morgan fingerprint density at radius 1 is 1.00 bits per heavy atom. The number of nitrogens with one attached hydrogen (secondary N) is 1. The van der Waals surface area contributed by atoms with E-state index in [4.69, 9.17) is 12.2 Å². The van der Waals surface area contributed by atoms with Crippen LogP contribution in [-0.4, -0.2) is 0 Å². The molecule has 0 saturated heterocycles. The summed E-state index contributed by atoms with van der Waals surface area (Å²) in [5.41, 5.74) is 13.0. The first-order chi connectivity index (χ1) is 15.6. The average molecular weight is 425 g/mol. The highest BCUT2D eigenvalue weighted by Crippen LogP contribution is 2.41. The summed E-state index contributed by atoms with van der Waals surface area (Å²) in [6.07, 6.45) is 10.1. The molecule has 0 amide bonds. The molecule has 1 fully saturated rings. The van der Waals surface area contributed by atoms with E-state index in [1.807, 2.05) is 32.0 Å². The number of aryl methyl sites for hydroxylation is 1. The predicted octanol–water partition coefficient (Wildman–Crippen LogP) is 7.25. The van der Waals surface area contributed by atoms with Crippen LogP contribution in [-0.2, 0) is 12.8 Å². The molecule has 1 aliphatic carbocycles. The third kappa shape index (κ3) is 8.00. The molecule has 0 aromatic heterocycles. The molecule has 32 heavy (non-hydrogen) atoms. The minimum atomic E-state index is 0.459. The van der Waals surface area contributed by atoms with Crippen molar-refractivity contribution < 1.29 is 0 Å². The minimum Gasteiger partial charge on any atom is -0.386 e. The molecular formula is C30H36N2. The first kappa shape index (κ1) is 24.8. The van der Waals surface area contributed by atoms with E-state index in [9.17, 15) is 0 Å². The van der Waals surface area contributed by atoms with Crippen molar-refractivity contribution in [1.82, 2.24) is 0 Å². The summed E-state index contributed by atoms with van der Waals surface area (Å²) in [5, 5.41) is 2.98. The molecule has 2 heteroatoms. The van der Waals surface area contributed by atoms with E-state index in [1.165, 1.54) is 35.1 Å². The van der Waals surface area contributed by atoms with E-state index in [1.54, 1.807) is 0 Å². The van der Waals surface area contributed by atoms with Gasteiger partial charge in [0.1, 0.15) is 0 Å². The standard InChI is InChI=1S/C15H16N2.C13H14.C2H6/c1-12(16)17-15-9-7-14(8-10-15)11-13-5-3-2-4-6-13;1-3-10-5-8-13(12-6-7-12)11(4-2)9-10;1-2/h2-10,17H,1,11,16H2;1,5,8-9,12H,4,6-7H2,2H3;1-2H3. The normalized spacial score (nSPS) is 11.7. The van der Waals surface area contributed by atoms with Crippen LogP contribution in [0.4, 0.5) is 5.69 Å². The highest BCUT2D eigenvalue weighted by molar-refractivity contribution is 5.48. The van der Waals surface area contributed by atoms with Crippen LogP contribution in [0.1, 0.15) is 67.3 Å². The van der Waals surface area contributed by atoms with E-state index in [0.717, 1.165) is 30.0 Å². The van der Waals surface area contributed by atoms with E-state index >= 15 is 0 Å². The Morgan fingerprint density at radius 3 is 2.16 bits per heavy atom. The molecule has 3 aromatic rings. The van der Waals surface area contributed by atoms with E-state index in [2.05, 4.69) is 79.3 Å². The minimum absolute atomic E-state index is 0.459. The zero-order valence-corrected chi connectivity index (χ0v) is 19.7. The maximum absolute atomic E-state index is 5.48. The summed E-state index contributed by atoms with van der Waals surface area (Å²) in [7, 11) is 0. The average Bonchev–Trinajstić information content (AvgIpc) is 3.67. The molecule has 3 N–H and O–H groups in total. The van der Waals surface area contributed by atoms with Crippen LogP contribution in [0.5, 0.6) is 0 Å². The van der Waals surface area contributed by atoms with Crippen molar-refractivity contribution in [2.45, 2.75) is 52.4 Å². The lowest BCUT2D eigenvalue weighted by Crippen LogP contribution is -2.06. The number of hydrogen-bond donors (Lipinski definition) is 2. The van der Waals surface area contributed by atoms with Gasteiger partial charge in [-0.25, -0.2) is 0 Å². The number of rotatable bonds is 6. The molecule has 0 unspecified atom stereocenters. The van der Waals surface area contributed by atoms with E-state index in [0.29, 0.717) is 5.82 Å². The molecule has 0 heterocycles. The topological polar surface area (TPSA) is 38.0 Å². The zero-order chi connectivity index (χ0) is 23.3. The fraction of sp³-hybridized carbons (Fsp3) is 0.267. The molecular weight excluding hydrogens is 388 g/mol. The molecule has 0 radical (unpaired) electrons. The Morgan fingerprint density at radius 2 is 1.62 bits per heavy atom. The second-order valence-corrected chi connectivity index (χ2v) is 7.70. The highest BCUT2D eigenvalue weighted by Gasteiger charge is 2.25. The lowest BCUT2D eigenvalue weighted by atomic mass is 9.99. The Balaban J connectivity index is 0.000000217. The quantitative estimate of drug-likeness (QED) is 0.409. The summed E-state index contributed by atoms with van der Waals surface area (Å²) >= 11 is 0.